The number of benzene rings is 1. The van der Waals surface area contributed by atoms with Crippen LogP contribution >= 0.6 is 0 Å². The fourth-order valence-electron chi connectivity index (χ4n) is 2.39. The van der Waals surface area contributed by atoms with Crippen molar-refractivity contribution in [3.63, 3.8) is 0 Å². The van der Waals surface area contributed by atoms with E-state index in [-0.39, 0.29) is 5.82 Å². The Morgan fingerprint density at radius 2 is 2.32 bits per heavy atom. The number of carboxylic acid groups (broad SMARTS) is 1. The van der Waals surface area contributed by atoms with Crippen LogP contribution in [-0.4, -0.2) is 29.7 Å². The Hall–Kier alpha value is -1.62. The first kappa shape index (κ1) is 13.8. The first-order chi connectivity index (χ1) is 8.90. The normalized spacial score (nSPS) is 17.1. The number of rotatable bonds is 5. The van der Waals surface area contributed by atoms with Crippen molar-refractivity contribution < 1.29 is 14.3 Å². The summed E-state index contributed by atoms with van der Waals surface area (Å²) in [4.78, 5) is 13.0. The molecule has 1 atom stereocenters. The number of nitrogens with zero attached hydrogens (tertiary/aromatic N) is 1. The summed E-state index contributed by atoms with van der Waals surface area (Å²) in [7, 11) is 0. The highest BCUT2D eigenvalue weighted by atomic mass is 19.1. The number of nitrogens with two attached hydrogens (primary N) is 1. The third-order valence-electron chi connectivity index (χ3n) is 3.65. The molecule has 0 bridgehead atoms. The number of halogens is 1. The van der Waals surface area contributed by atoms with Crippen molar-refractivity contribution >= 4 is 11.7 Å². The smallest absolute Gasteiger partial charge is 0.323 e. The first-order valence-corrected chi connectivity index (χ1v) is 6.46. The Bertz CT molecular complexity index is 488. The third kappa shape index (κ3) is 3.04. The minimum Gasteiger partial charge on any atom is -0.480 e. The molecule has 0 amide bonds. The SMILES string of the molecule is CC(N)(CCCN1CCc2ccc(F)cc21)C(=O)O. The van der Waals surface area contributed by atoms with Crippen molar-refractivity contribution in [1.29, 1.82) is 0 Å². The molecule has 104 valence electrons. The van der Waals surface area contributed by atoms with Gasteiger partial charge in [0.1, 0.15) is 11.4 Å². The van der Waals surface area contributed by atoms with E-state index in [2.05, 4.69) is 4.90 Å². The molecule has 1 heterocycles. The summed E-state index contributed by atoms with van der Waals surface area (Å²) in [6.07, 6.45) is 1.99. The monoisotopic (exact) mass is 266 g/mol. The van der Waals surface area contributed by atoms with E-state index in [0.717, 1.165) is 24.2 Å². The maximum absolute atomic E-state index is 13.2. The van der Waals surface area contributed by atoms with Gasteiger partial charge in [0, 0.05) is 18.8 Å². The summed E-state index contributed by atoms with van der Waals surface area (Å²) in [5.74, 6) is -1.22. The maximum Gasteiger partial charge on any atom is 0.323 e. The van der Waals surface area contributed by atoms with Gasteiger partial charge in [0.05, 0.1) is 0 Å². The molecular weight excluding hydrogens is 247 g/mol. The van der Waals surface area contributed by atoms with Crippen molar-refractivity contribution in [2.75, 3.05) is 18.0 Å². The van der Waals surface area contributed by atoms with Crippen LogP contribution < -0.4 is 10.6 Å². The molecule has 0 aliphatic carbocycles. The van der Waals surface area contributed by atoms with Gasteiger partial charge in [-0.3, -0.25) is 4.79 Å². The van der Waals surface area contributed by atoms with Crippen LogP contribution in [0.15, 0.2) is 18.2 Å². The van der Waals surface area contributed by atoms with Crippen LogP contribution in [0.3, 0.4) is 0 Å². The number of hydrogen-bond acceptors (Lipinski definition) is 3. The van der Waals surface area contributed by atoms with E-state index in [9.17, 15) is 9.18 Å². The predicted octanol–water partition coefficient (Wildman–Crippen LogP) is 1.77. The molecule has 1 aromatic carbocycles. The van der Waals surface area contributed by atoms with E-state index in [1.54, 1.807) is 6.07 Å². The molecule has 1 aromatic rings. The van der Waals surface area contributed by atoms with Crippen LogP contribution in [-0.2, 0) is 11.2 Å². The van der Waals surface area contributed by atoms with Gasteiger partial charge in [-0.2, -0.15) is 0 Å². The number of hydrogen-bond donors (Lipinski definition) is 2. The molecule has 0 fully saturated rings. The van der Waals surface area contributed by atoms with E-state index in [4.69, 9.17) is 10.8 Å². The molecule has 2 rings (SSSR count). The van der Waals surface area contributed by atoms with Gasteiger partial charge in [-0.15, -0.1) is 0 Å². The van der Waals surface area contributed by atoms with Gasteiger partial charge in [-0.05, 0) is 43.9 Å². The second kappa shape index (κ2) is 5.17. The van der Waals surface area contributed by atoms with Crippen molar-refractivity contribution in [3.8, 4) is 0 Å². The lowest BCUT2D eigenvalue weighted by Crippen LogP contribution is -2.45. The fraction of sp³-hybridized carbons (Fsp3) is 0.500. The topological polar surface area (TPSA) is 66.6 Å². The van der Waals surface area contributed by atoms with Crippen LogP contribution in [0.25, 0.3) is 0 Å². The Balaban J connectivity index is 1.93. The van der Waals surface area contributed by atoms with Crippen molar-refractivity contribution in [1.82, 2.24) is 0 Å². The lowest BCUT2D eigenvalue weighted by molar-refractivity contribution is -0.142. The molecule has 0 radical (unpaired) electrons. The highest BCUT2D eigenvalue weighted by Gasteiger charge is 2.28. The zero-order chi connectivity index (χ0) is 14.0. The van der Waals surface area contributed by atoms with E-state index in [1.165, 1.54) is 13.0 Å². The molecule has 4 nitrogen and oxygen atoms in total. The molecule has 1 aliphatic rings. The minimum absolute atomic E-state index is 0.236. The molecule has 3 N–H and O–H groups in total. The summed E-state index contributed by atoms with van der Waals surface area (Å²) >= 11 is 0. The lowest BCUT2D eigenvalue weighted by Gasteiger charge is -2.23. The van der Waals surface area contributed by atoms with Crippen molar-refractivity contribution in [3.05, 3.63) is 29.6 Å². The molecular formula is C14H19FN2O2. The van der Waals surface area contributed by atoms with Gasteiger partial charge in [-0.25, -0.2) is 4.39 Å². The number of aliphatic carboxylic acids is 1. The average molecular weight is 266 g/mol. The van der Waals surface area contributed by atoms with Gasteiger partial charge < -0.3 is 15.7 Å². The van der Waals surface area contributed by atoms with Crippen molar-refractivity contribution in [2.45, 2.75) is 31.7 Å². The molecule has 19 heavy (non-hydrogen) atoms. The number of anilines is 1. The number of carboxylic acids is 1. The van der Waals surface area contributed by atoms with Crippen LogP contribution in [0.1, 0.15) is 25.3 Å². The summed E-state index contributed by atoms with van der Waals surface area (Å²) in [5.41, 5.74) is 6.57. The van der Waals surface area contributed by atoms with Gasteiger partial charge in [-0.1, -0.05) is 6.07 Å². The molecule has 1 aliphatic heterocycles. The summed E-state index contributed by atoms with van der Waals surface area (Å²) in [5, 5.41) is 8.94. The highest BCUT2D eigenvalue weighted by molar-refractivity contribution is 5.77. The van der Waals surface area contributed by atoms with Gasteiger partial charge in [0.25, 0.3) is 0 Å². The summed E-state index contributed by atoms with van der Waals surface area (Å²) in [6.45, 7) is 3.08. The zero-order valence-corrected chi connectivity index (χ0v) is 11.0. The molecule has 1 unspecified atom stereocenters. The fourth-order valence-corrected chi connectivity index (χ4v) is 2.39. The molecule has 0 spiro atoms. The van der Waals surface area contributed by atoms with E-state index >= 15 is 0 Å². The molecule has 0 saturated carbocycles. The number of fused-ring (bicyclic) bond motifs is 1. The third-order valence-corrected chi connectivity index (χ3v) is 3.65. The van der Waals surface area contributed by atoms with E-state index < -0.39 is 11.5 Å². The summed E-state index contributed by atoms with van der Waals surface area (Å²) in [6, 6.07) is 4.83. The van der Waals surface area contributed by atoms with Gasteiger partial charge in [0.2, 0.25) is 0 Å². The minimum atomic E-state index is -1.19. The lowest BCUT2D eigenvalue weighted by atomic mass is 9.97. The average Bonchev–Trinajstić information content (AvgIpc) is 2.71. The van der Waals surface area contributed by atoms with Gasteiger partial charge in [0.15, 0.2) is 0 Å². The standard InChI is InChI=1S/C14H19FN2O2/c1-14(16,13(18)19)6-2-7-17-8-5-10-3-4-11(15)9-12(10)17/h3-4,9H,2,5-8,16H2,1H3,(H,18,19). The zero-order valence-electron chi connectivity index (χ0n) is 11.0. The summed E-state index contributed by atoms with van der Waals surface area (Å²) < 4.78 is 13.2. The maximum atomic E-state index is 13.2. The first-order valence-electron chi connectivity index (χ1n) is 6.46. The quantitative estimate of drug-likeness (QED) is 0.852. The van der Waals surface area contributed by atoms with Crippen LogP contribution in [0.4, 0.5) is 10.1 Å². The van der Waals surface area contributed by atoms with Crippen LogP contribution in [0, 0.1) is 5.82 Å². The van der Waals surface area contributed by atoms with Gasteiger partial charge >= 0.3 is 5.97 Å². The Kier molecular flexibility index (Phi) is 3.75. The Morgan fingerprint density at radius 1 is 1.58 bits per heavy atom. The highest BCUT2D eigenvalue weighted by Crippen LogP contribution is 2.29. The van der Waals surface area contributed by atoms with E-state index in [1.807, 2.05) is 6.07 Å². The molecule has 0 aromatic heterocycles. The van der Waals surface area contributed by atoms with Crippen LogP contribution in [0.2, 0.25) is 0 Å². The molecule has 0 saturated heterocycles. The largest absolute Gasteiger partial charge is 0.480 e. The Morgan fingerprint density at radius 3 is 3.00 bits per heavy atom. The number of carbonyl (C=O) groups is 1. The van der Waals surface area contributed by atoms with Crippen molar-refractivity contribution in [2.24, 2.45) is 5.73 Å². The van der Waals surface area contributed by atoms with Crippen LogP contribution in [0.5, 0.6) is 0 Å². The predicted molar refractivity (Wildman–Crippen MR) is 71.8 cm³/mol. The van der Waals surface area contributed by atoms with E-state index in [0.29, 0.717) is 19.4 Å². The Labute approximate surface area is 112 Å². The molecule has 5 heteroatoms. The second-order valence-corrected chi connectivity index (χ2v) is 5.34. The second-order valence-electron chi connectivity index (χ2n) is 5.34.